The van der Waals surface area contributed by atoms with Crippen LogP contribution in [-0.4, -0.2) is 0 Å². The van der Waals surface area contributed by atoms with E-state index in [1.165, 1.54) is 55.6 Å². The number of hydrogen-bond donors (Lipinski definition) is 0. The van der Waals surface area contributed by atoms with Crippen LogP contribution < -0.4 is 9.80 Å². The third kappa shape index (κ3) is 6.40. The van der Waals surface area contributed by atoms with E-state index in [4.69, 9.17) is 0 Å². The zero-order valence-corrected chi connectivity index (χ0v) is 31.9. The Balaban J connectivity index is 1.07. The van der Waals surface area contributed by atoms with Gasteiger partial charge in [-0.3, -0.25) is 0 Å². The highest BCUT2D eigenvalue weighted by Gasteiger charge is 2.35. The Morgan fingerprint density at radius 2 is 0.655 bits per heavy atom. The van der Waals surface area contributed by atoms with Gasteiger partial charge in [-0.15, -0.1) is 0 Å². The zero-order chi connectivity index (χ0) is 37.5. The van der Waals surface area contributed by atoms with Crippen molar-refractivity contribution in [2.24, 2.45) is 0 Å². The molecule has 8 aromatic carbocycles. The first-order chi connectivity index (χ1) is 26.8. The highest BCUT2D eigenvalue weighted by Crippen LogP contribution is 2.50. The molecule has 266 valence electrons. The smallest absolute Gasteiger partial charge is 0.0468 e. The van der Waals surface area contributed by atoms with E-state index in [0.717, 1.165) is 34.1 Å². The molecule has 1 aliphatic rings. The largest absolute Gasteiger partial charge is 0.311 e. The summed E-state index contributed by atoms with van der Waals surface area (Å²) in [6.07, 6.45) is 0. The topological polar surface area (TPSA) is 6.48 Å². The van der Waals surface area contributed by atoms with Crippen LogP contribution in [0.1, 0.15) is 36.1 Å². The molecular weight excluding hydrogens is 665 g/mol. The molecule has 0 aromatic heterocycles. The Hall–Kier alpha value is -6.64. The predicted octanol–water partition coefficient (Wildman–Crippen LogP) is 14.9. The Bertz CT molecular complexity index is 2540. The second-order valence-electron chi connectivity index (χ2n) is 15.2. The summed E-state index contributed by atoms with van der Waals surface area (Å²) in [4.78, 5) is 4.71. The van der Waals surface area contributed by atoms with Crippen LogP contribution in [0.15, 0.2) is 194 Å². The molecule has 2 heteroatoms. The number of aryl methyl sites for hydroxylation is 2. The average Bonchev–Trinajstić information content (AvgIpc) is 3.46. The normalized spacial score (nSPS) is 12.5. The standard InChI is InChI=1S/C53H44N2/c1-37-14-24-43(25-15-37)54(44-26-16-38(2)17-27-44)45-28-20-41(21-29-45)42-22-32-47(33-23-42)55(46-30-18-40(19-31-46)39-10-6-5-7-11-39)48-34-35-52-50(36-48)49-12-8-9-13-51(49)53(52,3)4/h5-36H,1-4H3. The molecule has 0 spiro atoms. The lowest BCUT2D eigenvalue weighted by atomic mass is 9.82. The number of nitrogens with zero attached hydrogens (tertiary/aromatic N) is 2. The fourth-order valence-corrected chi connectivity index (χ4v) is 8.17. The highest BCUT2D eigenvalue weighted by atomic mass is 15.1. The van der Waals surface area contributed by atoms with Crippen molar-refractivity contribution in [2.75, 3.05) is 9.80 Å². The van der Waals surface area contributed by atoms with Crippen LogP contribution in [0.25, 0.3) is 33.4 Å². The Morgan fingerprint density at radius 1 is 0.309 bits per heavy atom. The molecular formula is C53H44N2. The van der Waals surface area contributed by atoms with Gasteiger partial charge in [0, 0.05) is 39.5 Å². The van der Waals surface area contributed by atoms with E-state index in [0.29, 0.717) is 0 Å². The van der Waals surface area contributed by atoms with Crippen LogP contribution in [0, 0.1) is 13.8 Å². The molecule has 0 saturated carbocycles. The van der Waals surface area contributed by atoms with Gasteiger partial charge in [-0.2, -0.15) is 0 Å². The van der Waals surface area contributed by atoms with Crippen molar-refractivity contribution in [1.29, 1.82) is 0 Å². The summed E-state index contributed by atoms with van der Waals surface area (Å²) in [6, 6.07) is 70.9. The van der Waals surface area contributed by atoms with Crippen molar-refractivity contribution in [3.05, 3.63) is 216 Å². The molecule has 0 amide bonds. The lowest BCUT2D eigenvalue weighted by Crippen LogP contribution is -2.15. The van der Waals surface area contributed by atoms with E-state index >= 15 is 0 Å². The molecule has 55 heavy (non-hydrogen) atoms. The second kappa shape index (κ2) is 14.0. The van der Waals surface area contributed by atoms with Crippen molar-refractivity contribution in [2.45, 2.75) is 33.1 Å². The monoisotopic (exact) mass is 708 g/mol. The molecule has 0 radical (unpaired) electrons. The van der Waals surface area contributed by atoms with Gasteiger partial charge < -0.3 is 9.80 Å². The number of anilines is 6. The molecule has 0 bridgehead atoms. The van der Waals surface area contributed by atoms with Crippen molar-refractivity contribution < 1.29 is 0 Å². The first-order valence-corrected chi connectivity index (χ1v) is 19.2. The number of fused-ring (bicyclic) bond motifs is 3. The summed E-state index contributed by atoms with van der Waals surface area (Å²) in [5.74, 6) is 0. The van der Waals surface area contributed by atoms with Crippen LogP contribution in [-0.2, 0) is 5.41 Å². The molecule has 0 unspecified atom stereocenters. The lowest BCUT2D eigenvalue weighted by molar-refractivity contribution is 0.660. The van der Waals surface area contributed by atoms with Crippen LogP contribution in [0.2, 0.25) is 0 Å². The summed E-state index contributed by atoms with van der Waals surface area (Å²) in [5, 5.41) is 0. The van der Waals surface area contributed by atoms with Gasteiger partial charge in [0.15, 0.2) is 0 Å². The molecule has 0 fully saturated rings. The summed E-state index contributed by atoms with van der Waals surface area (Å²) < 4.78 is 0. The van der Waals surface area contributed by atoms with E-state index in [9.17, 15) is 0 Å². The molecule has 1 aliphatic carbocycles. The number of rotatable bonds is 8. The van der Waals surface area contributed by atoms with E-state index in [1.54, 1.807) is 0 Å². The Labute approximate surface area is 325 Å². The molecule has 0 aliphatic heterocycles. The minimum absolute atomic E-state index is 0.0406. The van der Waals surface area contributed by atoms with Gasteiger partial charge in [0.2, 0.25) is 0 Å². The Kier molecular flexibility index (Phi) is 8.67. The van der Waals surface area contributed by atoms with Crippen molar-refractivity contribution in [3.63, 3.8) is 0 Å². The van der Waals surface area contributed by atoms with Gasteiger partial charge in [-0.25, -0.2) is 0 Å². The van der Waals surface area contributed by atoms with E-state index < -0.39 is 0 Å². The van der Waals surface area contributed by atoms with Crippen LogP contribution in [0.3, 0.4) is 0 Å². The summed E-state index contributed by atoms with van der Waals surface area (Å²) in [5.41, 5.74) is 19.4. The maximum absolute atomic E-state index is 2.39. The third-order valence-corrected chi connectivity index (χ3v) is 11.2. The molecule has 8 aromatic rings. The zero-order valence-electron chi connectivity index (χ0n) is 31.9. The van der Waals surface area contributed by atoms with Gasteiger partial charge in [0.25, 0.3) is 0 Å². The number of hydrogen-bond acceptors (Lipinski definition) is 2. The molecule has 9 rings (SSSR count). The number of benzene rings is 8. The van der Waals surface area contributed by atoms with Crippen molar-refractivity contribution >= 4 is 34.1 Å². The minimum Gasteiger partial charge on any atom is -0.311 e. The minimum atomic E-state index is -0.0406. The van der Waals surface area contributed by atoms with Gasteiger partial charge in [-0.1, -0.05) is 146 Å². The third-order valence-electron chi connectivity index (χ3n) is 11.2. The fraction of sp³-hybridized carbons (Fsp3) is 0.0943. The van der Waals surface area contributed by atoms with Crippen molar-refractivity contribution in [1.82, 2.24) is 0 Å². The first kappa shape index (κ1) is 34.1. The van der Waals surface area contributed by atoms with Gasteiger partial charge in [0.05, 0.1) is 0 Å². The fourth-order valence-electron chi connectivity index (χ4n) is 8.17. The van der Waals surface area contributed by atoms with Crippen molar-refractivity contribution in [3.8, 4) is 33.4 Å². The van der Waals surface area contributed by atoms with Gasteiger partial charge in [-0.05, 0) is 131 Å². The lowest BCUT2D eigenvalue weighted by Gasteiger charge is -2.27. The van der Waals surface area contributed by atoms with Gasteiger partial charge >= 0.3 is 0 Å². The summed E-state index contributed by atoms with van der Waals surface area (Å²) in [6.45, 7) is 8.94. The highest BCUT2D eigenvalue weighted by molar-refractivity contribution is 5.87. The maximum atomic E-state index is 2.39. The van der Waals surface area contributed by atoms with E-state index in [-0.39, 0.29) is 5.41 Å². The second-order valence-corrected chi connectivity index (χ2v) is 15.2. The summed E-state index contributed by atoms with van der Waals surface area (Å²) >= 11 is 0. The van der Waals surface area contributed by atoms with Gasteiger partial charge in [0.1, 0.15) is 0 Å². The first-order valence-electron chi connectivity index (χ1n) is 19.2. The quantitative estimate of drug-likeness (QED) is 0.155. The average molecular weight is 709 g/mol. The SMILES string of the molecule is Cc1ccc(N(c2ccc(C)cc2)c2ccc(-c3ccc(N(c4ccc(-c5ccccc5)cc4)c4ccc5c(c4)-c4ccccc4C5(C)C)cc3)cc2)cc1. The molecule has 0 N–H and O–H groups in total. The maximum Gasteiger partial charge on any atom is 0.0468 e. The molecule has 0 atom stereocenters. The van der Waals surface area contributed by atoms with E-state index in [1.807, 2.05) is 0 Å². The summed E-state index contributed by atoms with van der Waals surface area (Å²) in [7, 11) is 0. The predicted molar refractivity (Wildman–Crippen MR) is 234 cm³/mol. The molecule has 0 saturated heterocycles. The van der Waals surface area contributed by atoms with Crippen LogP contribution >= 0.6 is 0 Å². The van der Waals surface area contributed by atoms with E-state index in [2.05, 4.69) is 232 Å². The van der Waals surface area contributed by atoms with Crippen LogP contribution in [0.5, 0.6) is 0 Å². The van der Waals surface area contributed by atoms with Crippen LogP contribution in [0.4, 0.5) is 34.1 Å². The Morgan fingerprint density at radius 3 is 1.13 bits per heavy atom. The molecule has 0 heterocycles. The molecule has 2 nitrogen and oxygen atoms in total.